The molecule has 3 rings (SSSR count). The minimum atomic E-state index is -1.73. The van der Waals surface area contributed by atoms with Gasteiger partial charge in [-0.1, -0.05) is 17.7 Å². The second-order valence-corrected chi connectivity index (χ2v) is 5.79. The highest BCUT2D eigenvalue weighted by Gasteiger charge is 2.45. The second kappa shape index (κ2) is 7.07. The molecule has 0 aromatic heterocycles. The van der Waals surface area contributed by atoms with E-state index in [4.69, 9.17) is 11.6 Å². The lowest BCUT2D eigenvalue weighted by Gasteiger charge is -2.25. The number of carbonyl (C=O) groups is 1. The van der Waals surface area contributed by atoms with Gasteiger partial charge in [-0.25, -0.2) is 13.6 Å². The number of nitrogens with zero attached hydrogens (tertiary/aromatic N) is 2. The molecule has 1 aliphatic rings. The molecule has 1 aliphatic heterocycles. The van der Waals surface area contributed by atoms with Crippen LogP contribution in [0.1, 0.15) is 5.56 Å². The summed E-state index contributed by atoms with van der Waals surface area (Å²) in [5.74, 6) is -1.24. The average molecular weight is 376 g/mol. The number of amides is 2. The predicted octanol–water partition coefficient (Wildman–Crippen LogP) is 3.12. The Morgan fingerprint density at radius 2 is 1.96 bits per heavy atom. The van der Waals surface area contributed by atoms with Crippen LogP contribution in [0.25, 0.3) is 0 Å². The van der Waals surface area contributed by atoms with E-state index in [0.29, 0.717) is 5.69 Å². The monoisotopic (exact) mass is 375 g/mol. The number of rotatable bonds is 2. The Balaban J connectivity index is 1.86. The van der Waals surface area contributed by atoms with E-state index in [-0.39, 0.29) is 23.1 Å². The molecule has 0 aliphatic carbocycles. The summed E-state index contributed by atoms with van der Waals surface area (Å²) in [6, 6.07) is 10.3. The SMILES string of the molecule is N#CC1(c2c(F)cccc2Cl)NCN=C1NC(=O)Nc1ccc(F)cc1. The van der Waals surface area contributed by atoms with Gasteiger partial charge >= 0.3 is 6.03 Å². The molecule has 9 heteroatoms. The topological polar surface area (TPSA) is 89.3 Å². The lowest BCUT2D eigenvalue weighted by atomic mass is 9.90. The van der Waals surface area contributed by atoms with Crippen molar-refractivity contribution in [2.24, 2.45) is 4.99 Å². The Labute approximate surface area is 152 Å². The van der Waals surface area contributed by atoms with Gasteiger partial charge in [-0.05, 0) is 36.4 Å². The summed E-state index contributed by atoms with van der Waals surface area (Å²) in [6.45, 7) is -0.00954. The minimum absolute atomic E-state index is 0.00954. The van der Waals surface area contributed by atoms with E-state index in [1.165, 1.54) is 36.4 Å². The zero-order valence-electron chi connectivity index (χ0n) is 13.2. The molecule has 2 aromatic carbocycles. The fraction of sp³-hybridized carbons (Fsp3) is 0.118. The van der Waals surface area contributed by atoms with Crippen LogP contribution in [0.3, 0.4) is 0 Å². The van der Waals surface area contributed by atoms with Gasteiger partial charge < -0.3 is 5.32 Å². The Kier molecular flexibility index (Phi) is 4.84. The number of halogens is 3. The van der Waals surface area contributed by atoms with Crippen molar-refractivity contribution in [1.29, 1.82) is 5.26 Å². The first-order chi connectivity index (χ1) is 12.5. The van der Waals surface area contributed by atoms with Crippen LogP contribution in [-0.4, -0.2) is 18.5 Å². The third-order valence-corrected chi connectivity index (χ3v) is 4.09. The maximum absolute atomic E-state index is 14.3. The van der Waals surface area contributed by atoms with Crippen molar-refractivity contribution in [3.05, 3.63) is 64.7 Å². The van der Waals surface area contributed by atoms with Crippen LogP contribution in [-0.2, 0) is 5.54 Å². The van der Waals surface area contributed by atoms with E-state index in [0.717, 1.165) is 6.07 Å². The number of anilines is 1. The zero-order chi connectivity index (χ0) is 18.7. The van der Waals surface area contributed by atoms with E-state index >= 15 is 0 Å². The third kappa shape index (κ3) is 3.22. The number of carbonyl (C=O) groups excluding carboxylic acids is 1. The molecule has 1 heterocycles. The van der Waals surface area contributed by atoms with Gasteiger partial charge in [0.25, 0.3) is 0 Å². The Bertz CT molecular complexity index is 905. The number of hydrogen-bond acceptors (Lipinski definition) is 4. The summed E-state index contributed by atoms with van der Waals surface area (Å²) in [5, 5.41) is 17.4. The van der Waals surface area contributed by atoms with Crippen LogP contribution < -0.4 is 16.0 Å². The summed E-state index contributed by atoms with van der Waals surface area (Å²) >= 11 is 6.07. The Hall–Kier alpha value is -3.02. The van der Waals surface area contributed by atoms with Crippen molar-refractivity contribution in [2.75, 3.05) is 12.0 Å². The maximum atomic E-state index is 14.3. The van der Waals surface area contributed by atoms with Crippen LogP contribution >= 0.6 is 11.6 Å². The highest BCUT2D eigenvalue weighted by atomic mass is 35.5. The van der Waals surface area contributed by atoms with Crippen molar-refractivity contribution in [2.45, 2.75) is 5.54 Å². The Morgan fingerprint density at radius 1 is 1.23 bits per heavy atom. The molecule has 0 spiro atoms. The minimum Gasteiger partial charge on any atom is -0.308 e. The molecule has 1 atom stereocenters. The van der Waals surface area contributed by atoms with E-state index in [1.807, 2.05) is 6.07 Å². The summed E-state index contributed by atoms with van der Waals surface area (Å²) in [4.78, 5) is 16.2. The van der Waals surface area contributed by atoms with Crippen LogP contribution in [0, 0.1) is 23.0 Å². The van der Waals surface area contributed by atoms with Crippen LogP contribution in [0.4, 0.5) is 19.3 Å². The van der Waals surface area contributed by atoms with Crippen LogP contribution in [0.5, 0.6) is 0 Å². The number of aliphatic imine (C=N–C) groups is 1. The first-order valence-electron chi connectivity index (χ1n) is 7.45. The molecule has 0 saturated carbocycles. The van der Waals surface area contributed by atoms with Crippen molar-refractivity contribution >= 4 is 29.2 Å². The van der Waals surface area contributed by atoms with Gasteiger partial charge in [0.05, 0.1) is 17.8 Å². The maximum Gasteiger partial charge on any atom is 0.324 e. The van der Waals surface area contributed by atoms with Crippen molar-refractivity contribution in [3.63, 3.8) is 0 Å². The number of nitrogens with one attached hydrogen (secondary N) is 3. The number of benzene rings is 2. The number of urea groups is 1. The average Bonchev–Trinajstić information content (AvgIpc) is 3.00. The number of nitriles is 1. The van der Waals surface area contributed by atoms with Crippen molar-refractivity contribution in [3.8, 4) is 6.07 Å². The van der Waals surface area contributed by atoms with Gasteiger partial charge in [-0.3, -0.25) is 15.6 Å². The number of amidine groups is 1. The Morgan fingerprint density at radius 3 is 2.62 bits per heavy atom. The molecule has 26 heavy (non-hydrogen) atoms. The second-order valence-electron chi connectivity index (χ2n) is 5.39. The zero-order valence-corrected chi connectivity index (χ0v) is 13.9. The molecule has 0 radical (unpaired) electrons. The fourth-order valence-corrected chi connectivity index (χ4v) is 2.89. The van der Waals surface area contributed by atoms with Gasteiger partial charge in [0.1, 0.15) is 17.5 Å². The summed E-state index contributed by atoms with van der Waals surface area (Å²) in [7, 11) is 0. The van der Waals surface area contributed by atoms with E-state index in [9.17, 15) is 18.8 Å². The van der Waals surface area contributed by atoms with E-state index in [2.05, 4.69) is 20.9 Å². The molecule has 0 bridgehead atoms. The molecular formula is C17H12ClF2N5O. The van der Waals surface area contributed by atoms with E-state index in [1.54, 1.807) is 0 Å². The summed E-state index contributed by atoms with van der Waals surface area (Å²) < 4.78 is 27.3. The molecule has 132 valence electrons. The molecule has 2 amide bonds. The molecule has 0 saturated heterocycles. The largest absolute Gasteiger partial charge is 0.324 e. The highest BCUT2D eigenvalue weighted by molar-refractivity contribution is 6.32. The van der Waals surface area contributed by atoms with Gasteiger partial charge in [0, 0.05) is 11.3 Å². The molecular weight excluding hydrogens is 364 g/mol. The van der Waals surface area contributed by atoms with Gasteiger partial charge in [0.15, 0.2) is 5.54 Å². The van der Waals surface area contributed by atoms with Gasteiger partial charge in [-0.15, -0.1) is 0 Å². The molecule has 1 unspecified atom stereocenters. The smallest absolute Gasteiger partial charge is 0.308 e. The summed E-state index contributed by atoms with van der Waals surface area (Å²) in [6.07, 6.45) is 0. The molecule has 0 fully saturated rings. The molecule has 3 N–H and O–H groups in total. The predicted molar refractivity (Wildman–Crippen MR) is 92.7 cm³/mol. The standard InChI is InChI=1S/C17H12ClF2N5O/c18-12-2-1-3-13(20)14(12)17(8-21)15(22-9-23-17)25-16(26)24-11-6-4-10(19)5-7-11/h1-7,23H,9H2,(H2,22,24,25,26). The normalized spacial score (nSPS) is 18.8. The van der Waals surface area contributed by atoms with Crippen molar-refractivity contribution < 1.29 is 13.6 Å². The van der Waals surface area contributed by atoms with Crippen molar-refractivity contribution in [1.82, 2.24) is 10.6 Å². The summed E-state index contributed by atoms with van der Waals surface area (Å²) in [5.41, 5.74) is -1.52. The molecule has 2 aromatic rings. The highest BCUT2D eigenvalue weighted by Crippen LogP contribution is 2.33. The van der Waals surface area contributed by atoms with Crippen LogP contribution in [0.15, 0.2) is 47.5 Å². The lowest BCUT2D eigenvalue weighted by Crippen LogP contribution is -2.52. The van der Waals surface area contributed by atoms with E-state index < -0.39 is 23.2 Å². The lowest BCUT2D eigenvalue weighted by molar-refractivity contribution is 0.255. The molecule has 6 nitrogen and oxygen atoms in total. The first-order valence-corrected chi connectivity index (χ1v) is 7.83. The quantitative estimate of drug-likeness (QED) is 0.753. The third-order valence-electron chi connectivity index (χ3n) is 3.78. The first kappa shape index (κ1) is 17.8. The fourth-order valence-electron chi connectivity index (χ4n) is 2.59. The van der Waals surface area contributed by atoms with Gasteiger partial charge in [-0.2, -0.15) is 5.26 Å². The number of hydrogen-bond donors (Lipinski definition) is 3. The van der Waals surface area contributed by atoms with Crippen LogP contribution in [0.2, 0.25) is 5.02 Å². The van der Waals surface area contributed by atoms with Gasteiger partial charge in [0.2, 0.25) is 0 Å².